The number of carbonyl (C=O) groups excluding carboxylic acids is 2. The van der Waals surface area contributed by atoms with Crippen molar-refractivity contribution in [3.63, 3.8) is 0 Å². The maximum absolute atomic E-state index is 12.2. The normalized spacial score (nSPS) is 13.1. The fourth-order valence-corrected chi connectivity index (χ4v) is 4.20. The van der Waals surface area contributed by atoms with E-state index in [9.17, 15) is 9.59 Å². The van der Waals surface area contributed by atoms with Crippen LogP contribution in [0.2, 0.25) is 0 Å². The maximum atomic E-state index is 12.2. The average molecular weight is 357 g/mol. The Balaban J connectivity index is 1.37. The molecule has 1 N–H and O–H groups in total. The fraction of sp³-hybridized carbons (Fsp3) is 0.400. The van der Waals surface area contributed by atoms with Gasteiger partial charge in [0.15, 0.2) is 6.61 Å². The van der Waals surface area contributed by atoms with Crippen LogP contribution < -0.4 is 5.32 Å². The van der Waals surface area contributed by atoms with Crippen LogP contribution >= 0.6 is 11.3 Å². The number of thiophene rings is 1. The lowest BCUT2D eigenvalue weighted by molar-refractivity contribution is -0.124. The van der Waals surface area contributed by atoms with E-state index in [0.717, 1.165) is 37.7 Å². The van der Waals surface area contributed by atoms with Crippen LogP contribution in [0.3, 0.4) is 0 Å². The van der Waals surface area contributed by atoms with Crippen molar-refractivity contribution in [1.29, 1.82) is 0 Å². The van der Waals surface area contributed by atoms with Gasteiger partial charge in [0.1, 0.15) is 0 Å². The Morgan fingerprint density at radius 3 is 2.76 bits per heavy atom. The van der Waals surface area contributed by atoms with E-state index in [-0.39, 0.29) is 18.5 Å². The van der Waals surface area contributed by atoms with Gasteiger partial charge in [0.2, 0.25) is 0 Å². The van der Waals surface area contributed by atoms with E-state index in [1.165, 1.54) is 16.9 Å². The number of benzene rings is 1. The van der Waals surface area contributed by atoms with Gasteiger partial charge in [0.25, 0.3) is 5.91 Å². The Kier molecular flexibility index (Phi) is 6.23. The smallest absolute Gasteiger partial charge is 0.339 e. The molecule has 0 spiro atoms. The van der Waals surface area contributed by atoms with Gasteiger partial charge in [0, 0.05) is 16.8 Å². The molecule has 1 aliphatic carbocycles. The van der Waals surface area contributed by atoms with Gasteiger partial charge in [-0.25, -0.2) is 4.79 Å². The highest BCUT2D eigenvalue weighted by Gasteiger charge is 2.21. The lowest BCUT2D eigenvalue weighted by Gasteiger charge is -2.12. The van der Waals surface area contributed by atoms with Gasteiger partial charge >= 0.3 is 5.97 Å². The molecule has 0 fully saturated rings. The van der Waals surface area contributed by atoms with Gasteiger partial charge < -0.3 is 10.1 Å². The predicted molar refractivity (Wildman–Crippen MR) is 99.0 cm³/mol. The number of aryl methyl sites for hydroxylation is 2. The maximum Gasteiger partial charge on any atom is 0.339 e. The standard InChI is InChI=1S/C20H23NO3S/c22-19(21-12-6-9-15-7-2-1-3-8-15)13-24-20(23)17-14-25-18-11-5-4-10-16(17)18/h1-3,7-8,14H,4-6,9-13H2,(H,21,22). The number of ether oxygens (including phenoxy) is 1. The highest BCUT2D eigenvalue weighted by atomic mass is 32.1. The Hall–Kier alpha value is -2.14. The summed E-state index contributed by atoms with van der Waals surface area (Å²) >= 11 is 1.63. The molecule has 0 unspecified atom stereocenters. The fourth-order valence-electron chi connectivity index (χ4n) is 3.09. The van der Waals surface area contributed by atoms with Crippen molar-refractivity contribution in [2.24, 2.45) is 0 Å². The van der Waals surface area contributed by atoms with Crippen LogP contribution in [0.5, 0.6) is 0 Å². The summed E-state index contributed by atoms with van der Waals surface area (Å²) in [5.74, 6) is -0.621. The first-order valence-corrected chi connectivity index (χ1v) is 9.69. The molecule has 0 aliphatic heterocycles. The number of carbonyl (C=O) groups is 2. The first kappa shape index (κ1) is 17.7. The summed E-state index contributed by atoms with van der Waals surface area (Å²) in [6, 6.07) is 10.2. The first-order chi connectivity index (χ1) is 12.2. The van der Waals surface area contributed by atoms with Crippen molar-refractivity contribution in [1.82, 2.24) is 5.32 Å². The zero-order valence-corrected chi connectivity index (χ0v) is 15.1. The molecule has 0 saturated heterocycles. The molecule has 4 nitrogen and oxygen atoms in total. The summed E-state index contributed by atoms with van der Waals surface area (Å²) in [5, 5.41) is 4.67. The van der Waals surface area contributed by atoms with E-state index >= 15 is 0 Å². The van der Waals surface area contributed by atoms with Gasteiger partial charge in [-0.1, -0.05) is 30.3 Å². The summed E-state index contributed by atoms with van der Waals surface area (Å²) in [4.78, 5) is 25.3. The molecule has 0 bridgehead atoms. The third-order valence-electron chi connectivity index (χ3n) is 4.42. The summed E-state index contributed by atoms with van der Waals surface area (Å²) in [7, 11) is 0. The molecule has 1 heterocycles. The molecule has 25 heavy (non-hydrogen) atoms. The average Bonchev–Trinajstić information content (AvgIpc) is 3.08. The van der Waals surface area contributed by atoms with Crippen LogP contribution in [0.4, 0.5) is 0 Å². The topological polar surface area (TPSA) is 55.4 Å². The quantitative estimate of drug-likeness (QED) is 0.609. The minimum Gasteiger partial charge on any atom is -0.452 e. The van der Waals surface area contributed by atoms with Crippen LogP contribution in [0.1, 0.15) is 45.6 Å². The van der Waals surface area contributed by atoms with E-state index in [1.54, 1.807) is 11.3 Å². The zero-order chi connectivity index (χ0) is 17.5. The molecule has 1 aliphatic rings. The lowest BCUT2D eigenvalue weighted by Crippen LogP contribution is -2.30. The van der Waals surface area contributed by atoms with Crippen molar-refractivity contribution in [3.05, 3.63) is 57.3 Å². The number of fused-ring (bicyclic) bond motifs is 1. The molecule has 1 aromatic heterocycles. The van der Waals surface area contributed by atoms with Crippen LogP contribution in [0, 0.1) is 0 Å². The molecule has 132 valence electrons. The molecule has 1 aromatic carbocycles. The van der Waals surface area contributed by atoms with E-state index in [2.05, 4.69) is 17.4 Å². The highest BCUT2D eigenvalue weighted by Crippen LogP contribution is 2.30. The number of rotatable bonds is 7. The number of hydrogen-bond donors (Lipinski definition) is 1. The second-order valence-electron chi connectivity index (χ2n) is 6.27. The van der Waals surface area contributed by atoms with E-state index < -0.39 is 0 Å². The molecule has 1 amide bonds. The van der Waals surface area contributed by atoms with Crippen LogP contribution in [0.15, 0.2) is 35.7 Å². The van der Waals surface area contributed by atoms with Gasteiger partial charge in [-0.3, -0.25) is 4.79 Å². The molecule has 0 saturated carbocycles. The Bertz CT molecular complexity index is 724. The molecular formula is C20H23NO3S. The van der Waals surface area contributed by atoms with Gasteiger partial charge in [-0.15, -0.1) is 11.3 Å². The van der Waals surface area contributed by atoms with E-state index in [0.29, 0.717) is 12.1 Å². The lowest BCUT2D eigenvalue weighted by atomic mass is 9.96. The Morgan fingerprint density at radius 2 is 1.92 bits per heavy atom. The highest BCUT2D eigenvalue weighted by molar-refractivity contribution is 7.10. The first-order valence-electron chi connectivity index (χ1n) is 8.81. The van der Waals surface area contributed by atoms with Crippen LogP contribution in [-0.2, 0) is 28.8 Å². The Morgan fingerprint density at radius 1 is 1.12 bits per heavy atom. The Labute approximate surface area is 152 Å². The van der Waals surface area contributed by atoms with Gasteiger partial charge in [-0.2, -0.15) is 0 Å². The van der Waals surface area contributed by atoms with Crippen LogP contribution in [0.25, 0.3) is 0 Å². The van der Waals surface area contributed by atoms with Crippen molar-refractivity contribution in [2.45, 2.75) is 38.5 Å². The summed E-state index contributed by atoms with van der Waals surface area (Å²) in [5.41, 5.74) is 3.03. The zero-order valence-electron chi connectivity index (χ0n) is 14.3. The van der Waals surface area contributed by atoms with Crippen molar-refractivity contribution in [3.8, 4) is 0 Å². The van der Waals surface area contributed by atoms with E-state index in [1.807, 2.05) is 23.6 Å². The molecular weight excluding hydrogens is 334 g/mol. The SMILES string of the molecule is O=C(COC(=O)c1csc2c1CCCC2)NCCCc1ccccc1. The molecule has 3 rings (SSSR count). The minimum absolute atomic E-state index is 0.214. The van der Waals surface area contributed by atoms with Gasteiger partial charge in [-0.05, 0) is 49.7 Å². The molecule has 2 aromatic rings. The second kappa shape index (κ2) is 8.81. The third-order valence-corrected chi connectivity index (χ3v) is 5.51. The molecule has 5 heteroatoms. The minimum atomic E-state index is -0.376. The second-order valence-corrected chi connectivity index (χ2v) is 7.24. The number of hydrogen-bond acceptors (Lipinski definition) is 4. The summed E-state index contributed by atoms with van der Waals surface area (Å²) in [6.07, 6.45) is 6.08. The molecule has 0 radical (unpaired) electrons. The third kappa shape index (κ3) is 4.92. The monoisotopic (exact) mass is 357 g/mol. The predicted octanol–water partition coefficient (Wildman–Crippen LogP) is 3.53. The van der Waals surface area contributed by atoms with Crippen molar-refractivity contribution in [2.75, 3.05) is 13.2 Å². The van der Waals surface area contributed by atoms with Crippen molar-refractivity contribution < 1.29 is 14.3 Å². The summed E-state index contributed by atoms with van der Waals surface area (Å²) in [6.45, 7) is 0.369. The number of esters is 1. The summed E-state index contributed by atoms with van der Waals surface area (Å²) < 4.78 is 5.19. The number of nitrogens with one attached hydrogen (secondary N) is 1. The number of amides is 1. The largest absolute Gasteiger partial charge is 0.452 e. The van der Waals surface area contributed by atoms with E-state index in [4.69, 9.17) is 4.74 Å². The van der Waals surface area contributed by atoms with Gasteiger partial charge in [0.05, 0.1) is 5.56 Å². The van der Waals surface area contributed by atoms with Crippen LogP contribution in [-0.4, -0.2) is 25.0 Å². The van der Waals surface area contributed by atoms with Crippen molar-refractivity contribution >= 4 is 23.2 Å². The molecule has 0 atom stereocenters.